The van der Waals surface area contributed by atoms with E-state index in [0.29, 0.717) is 25.6 Å². The molecule has 0 aliphatic carbocycles. The molecule has 0 saturated carbocycles. The number of carbonyl (C=O) groups is 1. The largest absolute Gasteiger partial charge is 0.481 e. The molecule has 1 aromatic heterocycles. The van der Waals surface area contributed by atoms with Crippen molar-refractivity contribution in [3.8, 4) is 0 Å². The number of aliphatic carboxylic acids is 1. The fourth-order valence-corrected chi connectivity index (χ4v) is 1.75. The van der Waals surface area contributed by atoms with E-state index in [1.54, 1.807) is 12.4 Å². The Labute approximate surface area is 105 Å². The highest BCUT2D eigenvalue weighted by Crippen LogP contribution is 2.20. The normalized spacial score (nSPS) is 15.4. The lowest BCUT2D eigenvalue weighted by Gasteiger charge is -2.28. The van der Waals surface area contributed by atoms with Crippen molar-refractivity contribution in [2.45, 2.75) is 6.42 Å². The Hall–Kier alpha value is -1.89. The van der Waals surface area contributed by atoms with Gasteiger partial charge in [-0.3, -0.25) is 4.79 Å². The molecule has 1 aromatic rings. The van der Waals surface area contributed by atoms with Crippen LogP contribution in [-0.2, 0) is 9.53 Å². The van der Waals surface area contributed by atoms with E-state index < -0.39 is 5.97 Å². The van der Waals surface area contributed by atoms with E-state index in [2.05, 4.69) is 20.2 Å². The van der Waals surface area contributed by atoms with E-state index in [1.807, 2.05) is 0 Å². The predicted octanol–water partition coefficient (Wildman–Crippen LogP) is 0.200. The topological polar surface area (TPSA) is 87.6 Å². The predicted molar refractivity (Wildman–Crippen MR) is 65.8 cm³/mol. The van der Waals surface area contributed by atoms with E-state index in [0.717, 1.165) is 18.9 Å². The van der Waals surface area contributed by atoms with Crippen molar-refractivity contribution >= 4 is 17.6 Å². The molecular weight excluding hydrogens is 236 g/mol. The van der Waals surface area contributed by atoms with Crippen LogP contribution in [0.2, 0.25) is 0 Å². The molecule has 0 amide bonds. The Bertz CT molecular complexity index is 407. The number of hydrogen-bond donors (Lipinski definition) is 2. The van der Waals surface area contributed by atoms with Crippen LogP contribution in [0.15, 0.2) is 12.4 Å². The fourth-order valence-electron chi connectivity index (χ4n) is 1.75. The average molecular weight is 252 g/mol. The van der Waals surface area contributed by atoms with Gasteiger partial charge >= 0.3 is 5.97 Å². The molecule has 1 fully saturated rings. The van der Waals surface area contributed by atoms with Crippen LogP contribution >= 0.6 is 0 Å². The lowest BCUT2D eigenvalue weighted by Crippen LogP contribution is -2.37. The third kappa shape index (κ3) is 3.30. The summed E-state index contributed by atoms with van der Waals surface area (Å²) in [6.45, 7) is 3.22. The van der Waals surface area contributed by atoms with Gasteiger partial charge in [0, 0.05) is 32.0 Å². The minimum absolute atomic E-state index is 0.0547. The Morgan fingerprint density at radius 3 is 2.83 bits per heavy atom. The number of ether oxygens (including phenoxy) is 1. The lowest BCUT2D eigenvalue weighted by atomic mass is 10.4. The number of carboxylic acids is 1. The van der Waals surface area contributed by atoms with Gasteiger partial charge in [-0.05, 0) is 0 Å². The van der Waals surface area contributed by atoms with Crippen LogP contribution in [0.3, 0.4) is 0 Å². The molecule has 0 unspecified atom stereocenters. The number of rotatable bonds is 5. The standard InChI is InChI=1S/C11H16N4O3/c16-9(17)1-2-12-10-11(14-4-3-13-10)15-5-7-18-8-6-15/h3-4H,1-2,5-8H2,(H,12,13)(H,16,17). The molecule has 1 aliphatic heterocycles. The van der Waals surface area contributed by atoms with E-state index in [4.69, 9.17) is 9.84 Å². The summed E-state index contributed by atoms with van der Waals surface area (Å²) >= 11 is 0. The first-order chi connectivity index (χ1) is 8.77. The molecule has 0 spiro atoms. The zero-order chi connectivity index (χ0) is 12.8. The summed E-state index contributed by atoms with van der Waals surface area (Å²) in [6.07, 6.45) is 3.28. The minimum Gasteiger partial charge on any atom is -0.481 e. The third-order valence-corrected chi connectivity index (χ3v) is 2.62. The molecule has 0 aromatic carbocycles. The smallest absolute Gasteiger partial charge is 0.305 e. The fraction of sp³-hybridized carbons (Fsp3) is 0.545. The first-order valence-electron chi connectivity index (χ1n) is 5.87. The Morgan fingerprint density at radius 1 is 1.39 bits per heavy atom. The third-order valence-electron chi connectivity index (χ3n) is 2.62. The van der Waals surface area contributed by atoms with Crippen LogP contribution in [0, 0.1) is 0 Å². The van der Waals surface area contributed by atoms with Crippen LogP contribution in [0.4, 0.5) is 11.6 Å². The second kappa shape index (κ2) is 6.15. The molecule has 18 heavy (non-hydrogen) atoms. The summed E-state index contributed by atoms with van der Waals surface area (Å²) in [5.74, 6) is 0.547. The first kappa shape index (κ1) is 12.6. The highest BCUT2D eigenvalue weighted by Gasteiger charge is 2.16. The number of aromatic nitrogens is 2. The molecule has 1 saturated heterocycles. The van der Waals surface area contributed by atoms with Crippen LogP contribution in [0.5, 0.6) is 0 Å². The molecule has 1 aliphatic rings. The van der Waals surface area contributed by atoms with Gasteiger partial charge in [0.25, 0.3) is 0 Å². The molecule has 0 radical (unpaired) electrons. The maximum Gasteiger partial charge on any atom is 0.305 e. The number of nitrogens with zero attached hydrogens (tertiary/aromatic N) is 3. The molecule has 2 rings (SSSR count). The quantitative estimate of drug-likeness (QED) is 0.774. The van der Waals surface area contributed by atoms with Crippen molar-refractivity contribution in [1.82, 2.24) is 9.97 Å². The molecule has 0 bridgehead atoms. The monoisotopic (exact) mass is 252 g/mol. The van der Waals surface area contributed by atoms with Gasteiger partial charge in [0.1, 0.15) is 0 Å². The molecule has 2 N–H and O–H groups in total. The number of carboxylic acid groups (broad SMARTS) is 1. The molecular formula is C11H16N4O3. The zero-order valence-electron chi connectivity index (χ0n) is 10.0. The summed E-state index contributed by atoms with van der Waals surface area (Å²) in [4.78, 5) is 21.1. The van der Waals surface area contributed by atoms with Gasteiger partial charge in [0.2, 0.25) is 0 Å². The number of anilines is 2. The van der Waals surface area contributed by atoms with E-state index in [1.165, 1.54) is 0 Å². The van der Waals surface area contributed by atoms with Gasteiger partial charge < -0.3 is 20.1 Å². The van der Waals surface area contributed by atoms with Gasteiger partial charge in [-0.15, -0.1) is 0 Å². The summed E-state index contributed by atoms with van der Waals surface area (Å²) in [7, 11) is 0. The second-order valence-corrected chi connectivity index (χ2v) is 3.90. The second-order valence-electron chi connectivity index (χ2n) is 3.90. The first-order valence-corrected chi connectivity index (χ1v) is 5.87. The SMILES string of the molecule is O=C(O)CCNc1nccnc1N1CCOCC1. The van der Waals surface area contributed by atoms with Gasteiger partial charge in [-0.2, -0.15) is 0 Å². The van der Waals surface area contributed by atoms with Gasteiger partial charge in [0.05, 0.1) is 19.6 Å². The maximum absolute atomic E-state index is 10.5. The van der Waals surface area contributed by atoms with Crippen LogP contribution in [0.25, 0.3) is 0 Å². The maximum atomic E-state index is 10.5. The van der Waals surface area contributed by atoms with E-state index >= 15 is 0 Å². The van der Waals surface area contributed by atoms with E-state index in [9.17, 15) is 4.79 Å². The van der Waals surface area contributed by atoms with Gasteiger partial charge in [-0.1, -0.05) is 0 Å². The number of nitrogens with one attached hydrogen (secondary N) is 1. The molecule has 2 heterocycles. The number of morpholine rings is 1. The minimum atomic E-state index is -0.834. The summed E-state index contributed by atoms with van der Waals surface area (Å²) in [5, 5.41) is 11.6. The summed E-state index contributed by atoms with van der Waals surface area (Å²) in [6, 6.07) is 0. The van der Waals surface area contributed by atoms with Crippen molar-refractivity contribution in [3.05, 3.63) is 12.4 Å². The molecule has 7 heteroatoms. The van der Waals surface area contributed by atoms with Crippen molar-refractivity contribution in [3.63, 3.8) is 0 Å². The highest BCUT2D eigenvalue weighted by molar-refractivity contribution is 5.68. The van der Waals surface area contributed by atoms with Crippen LogP contribution < -0.4 is 10.2 Å². The molecule has 0 atom stereocenters. The molecule has 7 nitrogen and oxygen atoms in total. The van der Waals surface area contributed by atoms with Gasteiger partial charge in [0.15, 0.2) is 11.6 Å². The highest BCUT2D eigenvalue weighted by atomic mass is 16.5. The Balaban J connectivity index is 2.02. The van der Waals surface area contributed by atoms with E-state index in [-0.39, 0.29) is 6.42 Å². The lowest BCUT2D eigenvalue weighted by molar-refractivity contribution is -0.136. The average Bonchev–Trinajstić information content (AvgIpc) is 2.40. The number of hydrogen-bond acceptors (Lipinski definition) is 6. The summed E-state index contributed by atoms with van der Waals surface area (Å²) < 4.78 is 5.29. The van der Waals surface area contributed by atoms with Crippen LogP contribution in [0.1, 0.15) is 6.42 Å². The van der Waals surface area contributed by atoms with Crippen LogP contribution in [-0.4, -0.2) is 53.9 Å². The van der Waals surface area contributed by atoms with Gasteiger partial charge in [-0.25, -0.2) is 9.97 Å². The van der Waals surface area contributed by atoms with Crippen molar-refractivity contribution < 1.29 is 14.6 Å². The Morgan fingerprint density at radius 2 is 2.11 bits per heavy atom. The zero-order valence-corrected chi connectivity index (χ0v) is 10.0. The van der Waals surface area contributed by atoms with Crippen molar-refractivity contribution in [2.75, 3.05) is 43.1 Å². The Kier molecular flexibility index (Phi) is 4.30. The molecule has 98 valence electrons. The van der Waals surface area contributed by atoms with Crippen molar-refractivity contribution in [2.24, 2.45) is 0 Å². The summed E-state index contributed by atoms with van der Waals surface area (Å²) in [5.41, 5.74) is 0. The van der Waals surface area contributed by atoms with Crippen molar-refractivity contribution in [1.29, 1.82) is 0 Å².